The molecule has 2 aliphatic rings. The average Bonchev–Trinajstić information content (AvgIpc) is 3.69. The Bertz CT molecular complexity index is 1850. The van der Waals surface area contributed by atoms with Crippen LogP contribution in [0, 0.1) is 0 Å². The van der Waals surface area contributed by atoms with Gasteiger partial charge in [-0.05, 0) is 51.2 Å². The van der Waals surface area contributed by atoms with Gasteiger partial charge in [-0.2, -0.15) is 18.2 Å². The molecule has 0 aliphatic carbocycles. The van der Waals surface area contributed by atoms with E-state index in [2.05, 4.69) is 65.7 Å². The SMILES string of the molecule is CC(CC(c1ccccc1)c1ccccc1)c1nc(N2CCC[C@@H](NC(=O)OC(C)(C)C)C2)nc2c1ncn2[C@@H]1O[C@H](CO)[C@@H](O)[C@H]1O.O=C(O)C(F)(F)F. The molecule has 2 aromatic carbocycles. The van der Waals surface area contributed by atoms with E-state index in [4.69, 9.17) is 34.3 Å². The van der Waals surface area contributed by atoms with Gasteiger partial charge in [0.15, 0.2) is 11.9 Å². The number of carboxylic acid groups (broad SMARTS) is 1. The average molecular weight is 773 g/mol. The third-order valence-corrected chi connectivity index (χ3v) is 9.36. The number of aliphatic hydroxyl groups is 3. The van der Waals surface area contributed by atoms with E-state index < -0.39 is 55.0 Å². The number of aliphatic carboxylic acids is 1. The number of piperidine rings is 1. The van der Waals surface area contributed by atoms with E-state index in [1.165, 1.54) is 11.1 Å². The fourth-order valence-corrected chi connectivity index (χ4v) is 6.76. The first kappa shape index (κ1) is 41.3. The van der Waals surface area contributed by atoms with Gasteiger partial charge in [0.1, 0.15) is 29.4 Å². The summed E-state index contributed by atoms with van der Waals surface area (Å²) in [4.78, 5) is 38.4. The van der Waals surface area contributed by atoms with E-state index in [0.29, 0.717) is 30.2 Å². The van der Waals surface area contributed by atoms with Crippen molar-refractivity contribution in [1.29, 1.82) is 0 Å². The standard InChI is InChI=1S/C36H46N6O6.C2HF3O2/c1-22(18-26(23-12-7-5-8-13-23)24-14-9-6-10-15-24)28-29-32(42(21-37-29)33-31(45)30(44)27(20-43)47-33)40-34(39-28)41-17-11-16-25(19-41)38-35(46)48-36(2,3)4;3-2(4,5)1(6)7/h5-10,12-15,21-22,25-27,30-31,33,43-45H,11,16-20H2,1-4H3,(H,38,46);(H,6,7)/t22?,25-,27-,30-,31-,33-;/m1./s1. The van der Waals surface area contributed by atoms with Crippen LogP contribution in [0.3, 0.4) is 0 Å². The molecule has 0 spiro atoms. The number of hydrogen-bond donors (Lipinski definition) is 5. The molecular formula is C38H47F3N6O8. The molecule has 1 amide bonds. The smallest absolute Gasteiger partial charge is 0.475 e. The van der Waals surface area contributed by atoms with Crippen molar-refractivity contribution in [2.24, 2.45) is 0 Å². The summed E-state index contributed by atoms with van der Waals surface area (Å²) in [6.45, 7) is 8.37. The molecule has 2 aliphatic heterocycles. The second kappa shape index (κ2) is 17.3. The van der Waals surface area contributed by atoms with E-state index in [-0.39, 0.29) is 17.9 Å². The number of nitrogens with zero attached hydrogens (tertiary/aromatic N) is 5. The lowest BCUT2D eigenvalue weighted by Crippen LogP contribution is -2.49. The molecule has 0 bridgehead atoms. The lowest BCUT2D eigenvalue weighted by atomic mass is 9.83. The van der Waals surface area contributed by atoms with Gasteiger partial charge in [0.05, 0.1) is 18.6 Å². The minimum Gasteiger partial charge on any atom is -0.475 e. The number of aromatic nitrogens is 4. The molecule has 4 aromatic rings. The van der Waals surface area contributed by atoms with Crippen molar-refractivity contribution in [2.45, 2.75) is 101 Å². The monoisotopic (exact) mass is 772 g/mol. The third-order valence-electron chi connectivity index (χ3n) is 9.36. The van der Waals surface area contributed by atoms with Crippen LogP contribution in [0.15, 0.2) is 67.0 Å². The number of amides is 1. The number of carbonyl (C=O) groups excluding carboxylic acids is 1. The van der Waals surface area contributed by atoms with Crippen molar-refractivity contribution in [3.8, 4) is 0 Å². The molecule has 0 saturated carbocycles. The van der Waals surface area contributed by atoms with Gasteiger partial charge in [-0.1, -0.05) is 67.6 Å². The van der Waals surface area contributed by atoms with Crippen molar-refractivity contribution < 1.29 is 52.7 Å². The van der Waals surface area contributed by atoms with Crippen LogP contribution in [0.5, 0.6) is 0 Å². The molecule has 6 rings (SSSR count). The maximum absolute atomic E-state index is 12.6. The van der Waals surface area contributed by atoms with E-state index >= 15 is 0 Å². The summed E-state index contributed by atoms with van der Waals surface area (Å²) in [6.07, 6.45) is -6.16. The summed E-state index contributed by atoms with van der Waals surface area (Å²) >= 11 is 0. The van der Waals surface area contributed by atoms with Crippen LogP contribution in [0.2, 0.25) is 0 Å². The Labute approximate surface area is 315 Å². The lowest BCUT2D eigenvalue weighted by molar-refractivity contribution is -0.192. The highest BCUT2D eigenvalue weighted by Crippen LogP contribution is 2.38. The van der Waals surface area contributed by atoms with Crippen LogP contribution in [0.25, 0.3) is 11.2 Å². The summed E-state index contributed by atoms with van der Waals surface area (Å²) in [5.74, 6) is -2.26. The van der Waals surface area contributed by atoms with Crippen LogP contribution in [0.4, 0.5) is 23.9 Å². The van der Waals surface area contributed by atoms with Gasteiger partial charge in [0.2, 0.25) is 5.95 Å². The first-order chi connectivity index (χ1) is 26.0. The quantitative estimate of drug-likeness (QED) is 0.155. The van der Waals surface area contributed by atoms with Crippen LogP contribution in [-0.4, -0.2) is 108 Å². The van der Waals surface area contributed by atoms with E-state index in [9.17, 15) is 33.3 Å². The molecule has 2 fully saturated rings. The number of fused-ring (bicyclic) bond motifs is 1. The Kier molecular flexibility index (Phi) is 13.0. The van der Waals surface area contributed by atoms with Crippen LogP contribution < -0.4 is 10.2 Å². The number of alkyl halides is 3. The molecule has 2 saturated heterocycles. The summed E-state index contributed by atoms with van der Waals surface area (Å²) in [5.41, 5.74) is 3.57. The number of ether oxygens (including phenoxy) is 2. The Morgan fingerprint density at radius 2 is 1.60 bits per heavy atom. The number of nitrogens with one attached hydrogen (secondary N) is 1. The van der Waals surface area contributed by atoms with Crippen molar-refractivity contribution in [3.05, 3.63) is 83.8 Å². The molecule has 4 heterocycles. The van der Waals surface area contributed by atoms with Crippen molar-refractivity contribution in [2.75, 3.05) is 24.6 Å². The van der Waals surface area contributed by atoms with Crippen LogP contribution >= 0.6 is 0 Å². The second-order valence-corrected chi connectivity index (χ2v) is 14.7. The fraction of sp³-hybridized carbons (Fsp3) is 0.500. The topological polar surface area (TPSA) is 192 Å². The molecule has 14 nitrogen and oxygen atoms in total. The highest BCUT2D eigenvalue weighted by atomic mass is 19.4. The van der Waals surface area contributed by atoms with Gasteiger partial charge >= 0.3 is 18.2 Å². The second-order valence-electron chi connectivity index (χ2n) is 14.7. The largest absolute Gasteiger partial charge is 0.490 e. The first-order valence-corrected chi connectivity index (χ1v) is 18.0. The molecule has 17 heteroatoms. The molecule has 2 aromatic heterocycles. The number of imidazole rings is 1. The zero-order valence-electron chi connectivity index (χ0n) is 30.9. The van der Waals surface area contributed by atoms with E-state index in [1.807, 2.05) is 32.9 Å². The third kappa shape index (κ3) is 10.3. The fourth-order valence-electron chi connectivity index (χ4n) is 6.76. The van der Waals surface area contributed by atoms with Crippen molar-refractivity contribution in [3.63, 3.8) is 0 Å². The number of carbonyl (C=O) groups is 2. The molecule has 0 radical (unpaired) electrons. The Morgan fingerprint density at radius 1 is 1.00 bits per heavy atom. The zero-order valence-corrected chi connectivity index (χ0v) is 30.9. The maximum atomic E-state index is 12.6. The zero-order chi connectivity index (χ0) is 40.1. The predicted octanol–water partition coefficient (Wildman–Crippen LogP) is 4.89. The molecular weight excluding hydrogens is 725 g/mol. The summed E-state index contributed by atoms with van der Waals surface area (Å²) in [7, 11) is 0. The number of hydrogen-bond acceptors (Lipinski definition) is 11. The van der Waals surface area contributed by atoms with Gasteiger partial charge in [-0.15, -0.1) is 0 Å². The van der Waals surface area contributed by atoms with Crippen LogP contribution in [-0.2, 0) is 14.3 Å². The highest BCUT2D eigenvalue weighted by molar-refractivity contribution is 5.76. The first-order valence-electron chi connectivity index (χ1n) is 18.0. The van der Waals surface area contributed by atoms with E-state index in [0.717, 1.165) is 25.0 Å². The summed E-state index contributed by atoms with van der Waals surface area (Å²) in [5, 5.41) is 41.3. The summed E-state index contributed by atoms with van der Waals surface area (Å²) < 4.78 is 44.8. The highest BCUT2D eigenvalue weighted by Gasteiger charge is 2.44. The van der Waals surface area contributed by atoms with Gasteiger partial charge < -0.3 is 40.1 Å². The van der Waals surface area contributed by atoms with Crippen molar-refractivity contribution in [1.82, 2.24) is 24.8 Å². The minimum atomic E-state index is -5.08. The van der Waals surface area contributed by atoms with Gasteiger partial charge in [0, 0.05) is 31.0 Å². The molecule has 6 atom stereocenters. The molecule has 298 valence electrons. The van der Waals surface area contributed by atoms with Crippen LogP contribution in [0.1, 0.15) is 81.8 Å². The predicted molar refractivity (Wildman–Crippen MR) is 194 cm³/mol. The number of carboxylic acids is 1. The summed E-state index contributed by atoms with van der Waals surface area (Å²) in [6, 6.07) is 20.7. The molecule has 55 heavy (non-hydrogen) atoms. The lowest BCUT2D eigenvalue weighted by Gasteiger charge is -2.34. The van der Waals surface area contributed by atoms with Gasteiger partial charge in [0.25, 0.3) is 0 Å². The van der Waals surface area contributed by atoms with Gasteiger partial charge in [-0.3, -0.25) is 4.57 Å². The normalized spacial score (nSPS) is 22.2. The Hall–Kier alpha value is -4.84. The number of halogens is 3. The maximum Gasteiger partial charge on any atom is 0.490 e. The number of benzene rings is 2. The molecule has 1 unspecified atom stereocenters. The van der Waals surface area contributed by atoms with Crippen molar-refractivity contribution >= 4 is 29.2 Å². The minimum absolute atomic E-state index is 0.0753. The Balaban J connectivity index is 0.000000757. The Morgan fingerprint density at radius 3 is 2.13 bits per heavy atom. The molecule has 5 N–H and O–H groups in total. The number of aliphatic hydroxyl groups excluding tert-OH is 3. The van der Waals surface area contributed by atoms with E-state index in [1.54, 1.807) is 10.9 Å². The number of anilines is 1. The number of alkyl carbamates (subject to hydrolysis) is 1. The number of rotatable bonds is 9. The van der Waals surface area contributed by atoms with Gasteiger partial charge in [-0.25, -0.2) is 19.6 Å².